The average Bonchev–Trinajstić information content (AvgIpc) is 3.05. The summed E-state index contributed by atoms with van der Waals surface area (Å²) in [5, 5.41) is 30.1. The molecule has 1 heterocycles. The minimum atomic E-state index is -1.33. The maximum Gasteiger partial charge on any atom is 0.247 e. The summed E-state index contributed by atoms with van der Waals surface area (Å²) in [6.45, 7) is 7.37. The normalized spacial score (nSPS) is 17.9. The molecule has 7 nitrogen and oxygen atoms in total. The van der Waals surface area contributed by atoms with Gasteiger partial charge in [0.15, 0.2) is 5.78 Å². The maximum absolute atomic E-state index is 11.7. The van der Waals surface area contributed by atoms with Crippen molar-refractivity contribution >= 4 is 17.7 Å². The van der Waals surface area contributed by atoms with Gasteiger partial charge in [0.1, 0.15) is 6.10 Å². The first-order valence-corrected chi connectivity index (χ1v) is 11.5. The van der Waals surface area contributed by atoms with Crippen molar-refractivity contribution in [3.8, 4) is 0 Å². The minimum absolute atomic E-state index is 0.256. The van der Waals surface area contributed by atoms with E-state index in [9.17, 15) is 29.7 Å². The fourth-order valence-electron chi connectivity index (χ4n) is 3.65. The molecule has 3 atom stereocenters. The number of allylic oxidation sites excluding steroid dienone is 5. The van der Waals surface area contributed by atoms with E-state index in [1.807, 2.05) is 13.0 Å². The van der Waals surface area contributed by atoms with Gasteiger partial charge in [0.2, 0.25) is 5.91 Å². The van der Waals surface area contributed by atoms with E-state index in [1.165, 1.54) is 23.5 Å². The van der Waals surface area contributed by atoms with Crippen LogP contribution in [0.2, 0.25) is 0 Å². The Balaban J connectivity index is 2.30. The number of carbonyl (C=O) groups excluding carboxylic acids is 3. The Morgan fingerprint density at radius 1 is 1.21 bits per heavy atom. The molecule has 0 fully saturated rings. The Kier molecular flexibility index (Phi) is 12.6. The number of aliphatic carboxylic acids is 1. The Bertz CT molecular complexity index is 808. The first-order chi connectivity index (χ1) is 15.5. The van der Waals surface area contributed by atoms with Gasteiger partial charge in [0, 0.05) is 12.6 Å². The number of amides is 1. The second-order valence-electron chi connectivity index (χ2n) is 9.05. The molecule has 0 saturated heterocycles. The van der Waals surface area contributed by atoms with Crippen molar-refractivity contribution in [1.82, 2.24) is 4.90 Å². The third kappa shape index (κ3) is 11.8. The standard InChI is InChI=1S/C26H39NO6/c1-18(10-6-12-20(3)14-23(29)26(33)21(4)28)8-5-9-19(2)11-7-13-22-15-24(30)27(16-22)17-25(31)32/h5,8-9,12,15,18,23,26,29,33H,6-7,10-11,13-14,16-17H2,1-4H3,(H,31,32)/p-1/b8-5+,19-9+,20-12-. The lowest BCUT2D eigenvalue weighted by atomic mass is 9.99. The van der Waals surface area contributed by atoms with Crippen LogP contribution in [-0.4, -0.2) is 58.1 Å². The van der Waals surface area contributed by atoms with Crippen LogP contribution in [0.5, 0.6) is 0 Å². The molecule has 0 spiro atoms. The number of aliphatic hydroxyl groups excluding tert-OH is 2. The monoisotopic (exact) mass is 460 g/mol. The average molecular weight is 461 g/mol. The van der Waals surface area contributed by atoms with Crippen molar-refractivity contribution in [2.24, 2.45) is 5.92 Å². The van der Waals surface area contributed by atoms with Crippen LogP contribution in [0.15, 0.2) is 47.1 Å². The number of hydrogen-bond donors (Lipinski definition) is 2. The lowest BCUT2D eigenvalue weighted by Gasteiger charge is -2.16. The summed E-state index contributed by atoms with van der Waals surface area (Å²) >= 11 is 0. The molecule has 7 heteroatoms. The molecule has 1 rings (SSSR count). The number of hydrogen-bond acceptors (Lipinski definition) is 6. The number of Topliss-reactive ketones (excluding diaryl/α,β-unsaturated/α-hetero) is 1. The highest BCUT2D eigenvalue weighted by Gasteiger charge is 2.21. The van der Waals surface area contributed by atoms with Crippen molar-refractivity contribution in [3.05, 3.63) is 47.1 Å². The highest BCUT2D eigenvalue weighted by atomic mass is 16.4. The number of carbonyl (C=O) groups is 3. The molecule has 0 aliphatic carbocycles. The van der Waals surface area contributed by atoms with Crippen LogP contribution in [0.1, 0.15) is 66.2 Å². The predicted octanol–water partition coefficient (Wildman–Crippen LogP) is 2.24. The van der Waals surface area contributed by atoms with Gasteiger partial charge in [-0.05, 0) is 70.8 Å². The van der Waals surface area contributed by atoms with Crippen LogP contribution in [-0.2, 0) is 14.4 Å². The third-order valence-electron chi connectivity index (χ3n) is 5.67. The van der Waals surface area contributed by atoms with Gasteiger partial charge in [-0.1, -0.05) is 42.4 Å². The molecule has 184 valence electrons. The zero-order valence-corrected chi connectivity index (χ0v) is 20.3. The Hall–Kier alpha value is -2.51. The number of nitrogens with zero attached hydrogens (tertiary/aromatic N) is 1. The van der Waals surface area contributed by atoms with Crippen LogP contribution in [0.25, 0.3) is 0 Å². The molecule has 2 N–H and O–H groups in total. The number of rotatable bonds is 15. The van der Waals surface area contributed by atoms with Gasteiger partial charge in [-0.25, -0.2) is 0 Å². The highest BCUT2D eigenvalue weighted by Crippen LogP contribution is 2.19. The molecule has 0 bridgehead atoms. The van der Waals surface area contributed by atoms with Gasteiger partial charge in [-0.3, -0.25) is 9.59 Å². The molecule has 0 radical (unpaired) electrons. The summed E-state index contributed by atoms with van der Waals surface area (Å²) in [6, 6.07) is 0. The van der Waals surface area contributed by atoms with E-state index in [1.54, 1.807) is 0 Å². The number of carboxylic acid groups (broad SMARTS) is 1. The lowest BCUT2D eigenvalue weighted by molar-refractivity contribution is -0.305. The molecule has 0 saturated carbocycles. The topological polar surface area (TPSA) is 118 Å². The highest BCUT2D eigenvalue weighted by molar-refractivity contribution is 5.93. The molecule has 1 aliphatic heterocycles. The first kappa shape index (κ1) is 28.5. The fraction of sp³-hybridized carbons (Fsp3) is 0.577. The van der Waals surface area contributed by atoms with Crippen molar-refractivity contribution in [2.45, 2.75) is 78.4 Å². The van der Waals surface area contributed by atoms with Crippen LogP contribution in [0.4, 0.5) is 0 Å². The van der Waals surface area contributed by atoms with Gasteiger partial charge < -0.3 is 25.0 Å². The number of ketones is 1. The number of aliphatic hydroxyl groups is 2. The Morgan fingerprint density at radius 3 is 2.55 bits per heavy atom. The molecule has 1 aliphatic rings. The van der Waals surface area contributed by atoms with Crippen LogP contribution in [0.3, 0.4) is 0 Å². The van der Waals surface area contributed by atoms with Crippen LogP contribution < -0.4 is 5.11 Å². The second-order valence-corrected chi connectivity index (χ2v) is 9.05. The largest absolute Gasteiger partial charge is 0.548 e. The van der Waals surface area contributed by atoms with E-state index in [2.05, 4.69) is 32.1 Å². The zero-order valence-electron chi connectivity index (χ0n) is 20.3. The summed E-state index contributed by atoms with van der Waals surface area (Å²) < 4.78 is 0. The summed E-state index contributed by atoms with van der Waals surface area (Å²) in [5.41, 5.74) is 3.16. The van der Waals surface area contributed by atoms with Crippen molar-refractivity contribution < 1.29 is 29.7 Å². The maximum atomic E-state index is 11.7. The molecular weight excluding hydrogens is 422 g/mol. The van der Waals surface area contributed by atoms with Gasteiger partial charge >= 0.3 is 0 Å². The molecule has 3 unspecified atom stereocenters. The van der Waals surface area contributed by atoms with Gasteiger partial charge in [0.05, 0.1) is 18.6 Å². The van der Waals surface area contributed by atoms with E-state index in [-0.39, 0.29) is 18.9 Å². The van der Waals surface area contributed by atoms with E-state index < -0.39 is 24.0 Å². The summed E-state index contributed by atoms with van der Waals surface area (Å²) in [5.74, 6) is -1.54. The molecule has 0 aromatic carbocycles. The van der Waals surface area contributed by atoms with Gasteiger partial charge in [-0.2, -0.15) is 0 Å². The Labute approximate surface area is 197 Å². The molecule has 1 amide bonds. The van der Waals surface area contributed by atoms with E-state index in [4.69, 9.17) is 0 Å². The van der Waals surface area contributed by atoms with Crippen molar-refractivity contribution in [3.63, 3.8) is 0 Å². The van der Waals surface area contributed by atoms with E-state index in [0.717, 1.165) is 43.3 Å². The van der Waals surface area contributed by atoms with Gasteiger partial charge in [0.25, 0.3) is 0 Å². The summed E-state index contributed by atoms with van der Waals surface area (Å²) in [7, 11) is 0. The SMILES string of the molecule is CC(=O)C(O)C(O)C/C(C)=C\CCC(C)/C=C/C=C(\C)CCCC1=CC(=O)N(CC(=O)[O-])C1. The van der Waals surface area contributed by atoms with E-state index >= 15 is 0 Å². The second kappa shape index (κ2) is 14.6. The lowest BCUT2D eigenvalue weighted by Crippen LogP contribution is -2.39. The molecule has 33 heavy (non-hydrogen) atoms. The summed E-state index contributed by atoms with van der Waals surface area (Å²) in [4.78, 5) is 34.8. The molecular formula is C26H38NO6-. The van der Waals surface area contributed by atoms with Crippen molar-refractivity contribution in [1.29, 1.82) is 0 Å². The smallest absolute Gasteiger partial charge is 0.247 e. The summed E-state index contributed by atoms with van der Waals surface area (Å²) in [6.07, 6.45) is 12.2. The molecule has 0 aromatic rings. The van der Waals surface area contributed by atoms with Crippen molar-refractivity contribution in [2.75, 3.05) is 13.1 Å². The van der Waals surface area contributed by atoms with Crippen LogP contribution >= 0.6 is 0 Å². The first-order valence-electron chi connectivity index (χ1n) is 11.5. The zero-order chi connectivity index (χ0) is 25.0. The van der Waals surface area contributed by atoms with Crippen LogP contribution in [0, 0.1) is 5.92 Å². The predicted molar refractivity (Wildman–Crippen MR) is 126 cm³/mol. The fourth-order valence-corrected chi connectivity index (χ4v) is 3.65. The third-order valence-corrected chi connectivity index (χ3v) is 5.67. The van der Waals surface area contributed by atoms with E-state index in [0.29, 0.717) is 12.5 Å². The number of carboxylic acids is 1. The van der Waals surface area contributed by atoms with Gasteiger partial charge in [-0.15, -0.1) is 0 Å². The minimum Gasteiger partial charge on any atom is -0.548 e. The quantitative estimate of drug-likeness (QED) is 0.286. The molecule has 0 aromatic heterocycles. The Morgan fingerprint density at radius 2 is 1.91 bits per heavy atom.